The highest BCUT2D eigenvalue weighted by molar-refractivity contribution is 7.99. The second-order valence-corrected chi connectivity index (χ2v) is 5.46. The third-order valence-corrected chi connectivity index (χ3v) is 3.93. The molecule has 0 bridgehead atoms. The number of rotatable bonds is 8. The Morgan fingerprint density at radius 1 is 1.33 bits per heavy atom. The minimum atomic E-state index is -0.335. The van der Waals surface area contributed by atoms with Crippen LogP contribution in [0, 0.1) is 0 Å². The van der Waals surface area contributed by atoms with Gasteiger partial charge in [-0.2, -0.15) is 19.6 Å². The number of anilines is 2. The number of hydrogen-bond acceptors (Lipinski definition) is 10. The van der Waals surface area contributed by atoms with Gasteiger partial charge >= 0.3 is 5.97 Å². The van der Waals surface area contributed by atoms with Crippen molar-refractivity contribution in [1.82, 2.24) is 29.7 Å². The summed E-state index contributed by atoms with van der Waals surface area (Å²) in [4.78, 5) is 30.4. The zero-order valence-corrected chi connectivity index (χ0v) is 14.9. The van der Waals surface area contributed by atoms with Gasteiger partial charge in [-0.3, -0.25) is 4.79 Å². The highest BCUT2D eigenvalue weighted by Crippen LogP contribution is 2.15. The van der Waals surface area contributed by atoms with Crippen LogP contribution in [-0.4, -0.2) is 68.7 Å². The number of esters is 1. The lowest BCUT2D eigenvalue weighted by Gasteiger charge is -2.19. The predicted molar refractivity (Wildman–Crippen MR) is 90.6 cm³/mol. The van der Waals surface area contributed by atoms with Gasteiger partial charge in [0, 0.05) is 20.1 Å². The van der Waals surface area contributed by atoms with Gasteiger partial charge in [0.1, 0.15) is 6.33 Å². The molecule has 130 valence electrons. The van der Waals surface area contributed by atoms with Crippen LogP contribution in [0.15, 0.2) is 11.5 Å². The quantitative estimate of drug-likeness (QED) is 0.535. The smallest absolute Gasteiger partial charge is 0.316 e. The summed E-state index contributed by atoms with van der Waals surface area (Å²) in [5.74, 6) is 1.17. The van der Waals surface area contributed by atoms with Gasteiger partial charge in [-0.25, -0.2) is 4.98 Å². The molecule has 24 heavy (non-hydrogen) atoms. The molecule has 2 aromatic heterocycles. The van der Waals surface area contributed by atoms with Crippen molar-refractivity contribution < 1.29 is 9.53 Å². The molecule has 2 heterocycles. The highest BCUT2D eigenvalue weighted by atomic mass is 32.2. The molecule has 0 aliphatic heterocycles. The zero-order valence-electron chi connectivity index (χ0n) is 14.1. The molecule has 0 amide bonds. The number of methoxy groups -OCH3 is 1. The Morgan fingerprint density at radius 3 is 2.71 bits per heavy atom. The highest BCUT2D eigenvalue weighted by Gasteiger charge is 2.14. The average molecular weight is 352 g/mol. The fourth-order valence-corrected chi connectivity index (χ4v) is 2.44. The predicted octanol–water partition coefficient (Wildman–Crippen LogP) is 0.605. The van der Waals surface area contributed by atoms with E-state index in [0.717, 1.165) is 13.1 Å². The number of aromatic nitrogens is 6. The molecular weight excluding hydrogens is 332 g/mol. The summed E-state index contributed by atoms with van der Waals surface area (Å²) in [6.07, 6.45) is 1.50. The lowest BCUT2D eigenvalue weighted by molar-refractivity contribution is -0.137. The molecule has 1 N–H and O–H groups in total. The SMILES string of the molecule is CCN(CC)c1nc(NC)nc(-n2cnc(SCC(=O)OC)n2)n1. The second-order valence-electron chi connectivity index (χ2n) is 4.52. The number of nitrogens with zero attached hydrogens (tertiary/aromatic N) is 7. The number of ether oxygens (including phenoxy) is 1. The minimum Gasteiger partial charge on any atom is -0.468 e. The summed E-state index contributed by atoms with van der Waals surface area (Å²) >= 11 is 1.18. The van der Waals surface area contributed by atoms with Gasteiger partial charge in [0.15, 0.2) is 0 Å². The van der Waals surface area contributed by atoms with Gasteiger partial charge in [-0.05, 0) is 13.8 Å². The number of carbonyl (C=O) groups excluding carboxylic acids is 1. The largest absolute Gasteiger partial charge is 0.468 e. The van der Waals surface area contributed by atoms with E-state index in [-0.39, 0.29) is 11.7 Å². The fraction of sp³-hybridized carbons (Fsp3) is 0.538. The maximum atomic E-state index is 11.2. The van der Waals surface area contributed by atoms with Crippen molar-refractivity contribution in [3.05, 3.63) is 6.33 Å². The van der Waals surface area contributed by atoms with E-state index in [4.69, 9.17) is 0 Å². The summed E-state index contributed by atoms with van der Waals surface area (Å²) in [7, 11) is 3.08. The maximum Gasteiger partial charge on any atom is 0.316 e. The molecular formula is C13H20N8O2S. The van der Waals surface area contributed by atoms with E-state index >= 15 is 0 Å². The van der Waals surface area contributed by atoms with Crippen molar-refractivity contribution in [2.24, 2.45) is 0 Å². The first-order valence-corrected chi connectivity index (χ1v) is 8.40. The van der Waals surface area contributed by atoms with Crippen molar-refractivity contribution in [2.75, 3.05) is 43.2 Å². The molecule has 0 radical (unpaired) electrons. The lowest BCUT2D eigenvalue weighted by Crippen LogP contribution is -2.25. The maximum absolute atomic E-state index is 11.2. The van der Waals surface area contributed by atoms with Crippen LogP contribution in [-0.2, 0) is 9.53 Å². The zero-order chi connectivity index (χ0) is 17.5. The van der Waals surface area contributed by atoms with Crippen molar-refractivity contribution in [1.29, 1.82) is 0 Å². The summed E-state index contributed by atoms with van der Waals surface area (Å²) in [6, 6.07) is 0. The third-order valence-electron chi connectivity index (χ3n) is 3.10. The van der Waals surface area contributed by atoms with E-state index in [1.807, 2.05) is 18.7 Å². The first kappa shape index (κ1) is 17.9. The van der Waals surface area contributed by atoms with Gasteiger partial charge in [0.25, 0.3) is 5.95 Å². The summed E-state index contributed by atoms with van der Waals surface area (Å²) in [5, 5.41) is 7.64. The van der Waals surface area contributed by atoms with Gasteiger partial charge in [-0.1, -0.05) is 11.8 Å². The molecule has 0 saturated carbocycles. The van der Waals surface area contributed by atoms with Crippen molar-refractivity contribution in [3.63, 3.8) is 0 Å². The van der Waals surface area contributed by atoms with Gasteiger partial charge in [-0.15, -0.1) is 5.10 Å². The van der Waals surface area contributed by atoms with Crippen molar-refractivity contribution in [2.45, 2.75) is 19.0 Å². The molecule has 0 aromatic carbocycles. The Kier molecular flexibility index (Phi) is 6.29. The minimum absolute atomic E-state index is 0.143. The Morgan fingerprint density at radius 2 is 2.08 bits per heavy atom. The molecule has 0 unspecified atom stereocenters. The number of carbonyl (C=O) groups is 1. The number of nitrogens with one attached hydrogen (secondary N) is 1. The Balaban J connectivity index is 2.26. The van der Waals surface area contributed by atoms with Crippen LogP contribution in [0.4, 0.5) is 11.9 Å². The van der Waals surface area contributed by atoms with Crippen LogP contribution in [0.2, 0.25) is 0 Å². The molecule has 0 aliphatic rings. The Labute approximate surface area is 144 Å². The summed E-state index contributed by atoms with van der Waals surface area (Å²) in [6.45, 7) is 5.62. The molecule has 0 atom stereocenters. The third kappa shape index (κ3) is 4.31. The van der Waals surface area contributed by atoms with E-state index in [1.54, 1.807) is 7.05 Å². The molecule has 0 fully saturated rings. The Bertz CT molecular complexity index is 688. The first-order chi connectivity index (χ1) is 11.6. The topological polar surface area (TPSA) is 111 Å². The molecule has 10 nitrogen and oxygen atoms in total. The average Bonchev–Trinajstić information content (AvgIpc) is 3.09. The van der Waals surface area contributed by atoms with Gasteiger partial charge < -0.3 is 15.0 Å². The van der Waals surface area contributed by atoms with E-state index in [0.29, 0.717) is 23.0 Å². The van der Waals surface area contributed by atoms with Crippen LogP contribution in [0.5, 0.6) is 0 Å². The van der Waals surface area contributed by atoms with E-state index in [1.165, 1.54) is 29.9 Å². The van der Waals surface area contributed by atoms with Crippen molar-refractivity contribution in [3.8, 4) is 5.95 Å². The van der Waals surface area contributed by atoms with Crippen LogP contribution in [0.25, 0.3) is 5.95 Å². The summed E-state index contributed by atoms with van der Waals surface area (Å²) in [5.41, 5.74) is 0. The van der Waals surface area contributed by atoms with Gasteiger partial charge in [0.2, 0.25) is 17.1 Å². The second kappa shape index (κ2) is 8.43. The molecule has 2 aromatic rings. The van der Waals surface area contributed by atoms with E-state index < -0.39 is 0 Å². The number of hydrogen-bond donors (Lipinski definition) is 1. The Hall–Kier alpha value is -2.43. The standard InChI is InChI=1S/C13H20N8O2S/c1-5-20(6-2)11-16-10(14-3)17-12(18-11)21-8-15-13(19-21)24-7-9(22)23-4/h8H,5-7H2,1-4H3,(H,14,16,17,18). The first-order valence-electron chi connectivity index (χ1n) is 7.41. The van der Waals surface area contributed by atoms with Crippen molar-refractivity contribution >= 4 is 29.6 Å². The summed E-state index contributed by atoms with van der Waals surface area (Å²) < 4.78 is 6.05. The van der Waals surface area contributed by atoms with Gasteiger partial charge in [0.05, 0.1) is 12.9 Å². The van der Waals surface area contributed by atoms with Crippen LogP contribution in [0.3, 0.4) is 0 Å². The van der Waals surface area contributed by atoms with Crippen LogP contribution >= 0.6 is 11.8 Å². The molecule has 2 rings (SSSR count). The monoisotopic (exact) mass is 352 g/mol. The van der Waals surface area contributed by atoms with Crippen LogP contribution in [0.1, 0.15) is 13.8 Å². The molecule has 0 saturated heterocycles. The lowest BCUT2D eigenvalue weighted by atomic mass is 10.5. The normalized spacial score (nSPS) is 10.5. The number of thioether (sulfide) groups is 1. The van der Waals surface area contributed by atoms with E-state index in [2.05, 4.69) is 35.1 Å². The molecule has 11 heteroatoms. The van der Waals surface area contributed by atoms with E-state index in [9.17, 15) is 4.79 Å². The molecule has 0 aliphatic carbocycles. The molecule has 0 spiro atoms. The van der Waals surface area contributed by atoms with Crippen LogP contribution < -0.4 is 10.2 Å². The fourth-order valence-electron chi connectivity index (χ4n) is 1.81.